The fourth-order valence-electron chi connectivity index (χ4n) is 3.69. The predicted octanol–water partition coefficient (Wildman–Crippen LogP) is 3.77. The maximum absolute atomic E-state index is 13.0. The van der Waals surface area contributed by atoms with Gasteiger partial charge in [0, 0.05) is 24.1 Å². The van der Waals surface area contributed by atoms with Gasteiger partial charge in [0.05, 0.1) is 18.7 Å². The minimum Gasteiger partial charge on any atom is -0.456 e. The molecule has 0 radical (unpaired) electrons. The fourth-order valence-corrected chi connectivity index (χ4v) is 3.88. The Hall–Kier alpha value is -1.44. The van der Waals surface area contributed by atoms with Crippen LogP contribution in [0.15, 0.2) is 36.4 Å². The number of rotatable bonds is 5. The monoisotopic (exact) mass is 512 g/mol. The van der Waals surface area contributed by atoms with E-state index in [-0.39, 0.29) is 5.97 Å². The Morgan fingerprint density at radius 3 is 2.36 bits per heavy atom. The number of alkyl halides is 2. The van der Waals surface area contributed by atoms with E-state index in [1.165, 1.54) is 0 Å². The van der Waals surface area contributed by atoms with Crippen molar-refractivity contribution in [2.24, 2.45) is 5.92 Å². The van der Waals surface area contributed by atoms with Gasteiger partial charge < -0.3 is 14.8 Å². The molecule has 0 saturated carbocycles. The van der Waals surface area contributed by atoms with Crippen LogP contribution in [0.5, 0.6) is 5.75 Å². The molecule has 1 heterocycles. The first kappa shape index (κ1) is 21.3. The molecular weight excluding hydrogens is 490 g/mol. The third-order valence-electron chi connectivity index (χ3n) is 5.27. The van der Waals surface area contributed by atoms with E-state index in [9.17, 15) is 9.59 Å². The Labute approximate surface area is 181 Å². The summed E-state index contributed by atoms with van der Waals surface area (Å²) in [5.74, 6) is -0.0610. The van der Waals surface area contributed by atoms with Crippen LogP contribution in [0.1, 0.15) is 37.0 Å². The fraction of sp³-hybridized carbons (Fsp3) is 0.429. The highest BCUT2D eigenvalue weighted by Gasteiger charge is 2.36. The summed E-state index contributed by atoms with van der Waals surface area (Å²) in [6, 6.07) is 10.7. The summed E-state index contributed by atoms with van der Waals surface area (Å²) < 4.78 is 10.8. The molecule has 0 aliphatic carbocycles. The summed E-state index contributed by atoms with van der Waals surface area (Å²) in [7, 11) is 0. The lowest BCUT2D eigenvalue weighted by molar-refractivity contribution is -0.665. The molecule has 3 rings (SSSR count). The van der Waals surface area contributed by atoms with Crippen LogP contribution in [0.4, 0.5) is 0 Å². The molecule has 1 aliphatic rings. The minimum atomic E-state index is -0.600. The number of quaternary nitrogens is 1. The Bertz CT molecular complexity index is 876. The Morgan fingerprint density at radius 1 is 1.07 bits per heavy atom. The highest BCUT2D eigenvalue weighted by Crippen LogP contribution is 2.33. The van der Waals surface area contributed by atoms with Gasteiger partial charge >= 0.3 is 11.9 Å². The van der Waals surface area contributed by atoms with Crippen LogP contribution < -0.4 is 10.1 Å². The molecule has 2 aromatic rings. The standard InChI is InChI=1S/C21H23Br2NO4/c1-21(2,13-9-11-24-12-10-13)28-19(25)16-7-8-17(27-20(26)18(22)23)15-6-4-3-5-14(15)16/h3-8,13,18,24H,9-12H2,1-2H3/p+1. The lowest BCUT2D eigenvalue weighted by Crippen LogP contribution is -2.86. The van der Waals surface area contributed by atoms with Gasteiger partial charge in [0.1, 0.15) is 11.4 Å². The molecule has 0 amide bonds. The second-order valence-electron chi connectivity index (χ2n) is 7.51. The summed E-state index contributed by atoms with van der Waals surface area (Å²) in [4.78, 5) is 24.9. The molecule has 2 N–H and O–H groups in total. The number of hydrogen-bond acceptors (Lipinski definition) is 4. The van der Waals surface area contributed by atoms with Crippen molar-refractivity contribution in [3.05, 3.63) is 42.0 Å². The van der Waals surface area contributed by atoms with Crippen LogP contribution in [0.3, 0.4) is 0 Å². The van der Waals surface area contributed by atoms with E-state index in [2.05, 4.69) is 37.2 Å². The number of piperidine rings is 1. The number of esters is 2. The van der Waals surface area contributed by atoms with Crippen molar-refractivity contribution in [3.63, 3.8) is 0 Å². The Kier molecular flexibility index (Phi) is 6.78. The summed E-state index contributed by atoms with van der Waals surface area (Å²) in [5, 5.41) is 3.69. The van der Waals surface area contributed by atoms with Gasteiger partial charge in [-0.25, -0.2) is 9.59 Å². The third kappa shape index (κ3) is 4.75. The van der Waals surface area contributed by atoms with Gasteiger partial charge in [-0.2, -0.15) is 0 Å². The van der Waals surface area contributed by atoms with Crippen molar-refractivity contribution in [3.8, 4) is 5.75 Å². The van der Waals surface area contributed by atoms with E-state index in [1.807, 2.05) is 38.1 Å². The maximum atomic E-state index is 13.0. The largest absolute Gasteiger partial charge is 0.456 e. The van der Waals surface area contributed by atoms with Crippen LogP contribution in [0.25, 0.3) is 10.8 Å². The molecular formula is C21H24Br2NO4+. The number of carbonyl (C=O) groups is 2. The molecule has 1 saturated heterocycles. The molecule has 150 valence electrons. The van der Waals surface area contributed by atoms with Gasteiger partial charge in [-0.3, -0.25) is 0 Å². The van der Waals surface area contributed by atoms with E-state index in [0.29, 0.717) is 28.0 Å². The first-order valence-corrected chi connectivity index (χ1v) is 11.2. The number of ether oxygens (including phenoxy) is 2. The average molecular weight is 514 g/mol. The number of benzene rings is 2. The summed E-state index contributed by atoms with van der Waals surface area (Å²) in [6.07, 6.45) is 2.08. The quantitative estimate of drug-likeness (QED) is 0.375. The topological polar surface area (TPSA) is 69.2 Å². The van der Waals surface area contributed by atoms with Gasteiger partial charge in [0.15, 0.2) is 3.74 Å². The van der Waals surface area contributed by atoms with Crippen molar-refractivity contribution in [1.29, 1.82) is 0 Å². The van der Waals surface area contributed by atoms with Crippen molar-refractivity contribution in [2.45, 2.75) is 36.0 Å². The van der Waals surface area contributed by atoms with Crippen LogP contribution in [-0.4, -0.2) is 34.4 Å². The number of hydrogen-bond donors (Lipinski definition) is 1. The van der Waals surface area contributed by atoms with Gasteiger partial charge in [-0.05, 0) is 31.4 Å². The van der Waals surface area contributed by atoms with E-state index in [1.54, 1.807) is 12.1 Å². The second kappa shape index (κ2) is 8.93. The first-order chi connectivity index (χ1) is 13.3. The Morgan fingerprint density at radius 2 is 1.71 bits per heavy atom. The van der Waals surface area contributed by atoms with Crippen molar-refractivity contribution < 1.29 is 24.4 Å². The van der Waals surface area contributed by atoms with Gasteiger partial charge in [0.25, 0.3) is 0 Å². The number of nitrogens with two attached hydrogens (primary N) is 1. The zero-order valence-corrected chi connectivity index (χ0v) is 19.1. The van der Waals surface area contributed by atoms with Crippen molar-refractivity contribution >= 4 is 54.6 Å². The van der Waals surface area contributed by atoms with E-state index < -0.39 is 15.3 Å². The summed E-state index contributed by atoms with van der Waals surface area (Å²) in [5.41, 5.74) is -0.0587. The number of fused-ring (bicyclic) bond motifs is 1. The highest BCUT2D eigenvalue weighted by atomic mass is 79.9. The predicted molar refractivity (Wildman–Crippen MR) is 115 cm³/mol. The van der Waals surface area contributed by atoms with Crippen LogP contribution in [0, 0.1) is 5.92 Å². The number of halogens is 2. The Balaban J connectivity index is 1.88. The molecule has 0 aromatic heterocycles. The molecule has 2 aromatic carbocycles. The zero-order valence-electron chi connectivity index (χ0n) is 15.9. The smallest absolute Gasteiger partial charge is 0.339 e. The SMILES string of the molecule is CC(C)(OC(=O)c1ccc(OC(=O)C(Br)Br)c2ccccc12)C1CC[NH2+]CC1. The molecule has 0 spiro atoms. The highest BCUT2D eigenvalue weighted by molar-refractivity contribution is 9.25. The van der Waals surface area contributed by atoms with Crippen molar-refractivity contribution in [1.82, 2.24) is 0 Å². The van der Waals surface area contributed by atoms with Crippen LogP contribution >= 0.6 is 31.9 Å². The van der Waals surface area contributed by atoms with Crippen LogP contribution in [-0.2, 0) is 9.53 Å². The van der Waals surface area contributed by atoms with Crippen molar-refractivity contribution in [2.75, 3.05) is 13.1 Å². The lowest BCUT2D eigenvalue weighted by atomic mass is 9.83. The maximum Gasteiger partial charge on any atom is 0.339 e. The molecule has 1 fully saturated rings. The van der Waals surface area contributed by atoms with Gasteiger partial charge in [0.2, 0.25) is 0 Å². The lowest BCUT2D eigenvalue weighted by Gasteiger charge is -2.35. The third-order valence-corrected chi connectivity index (χ3v) is 6.02. The zero-order chi connectivity index (χ0) is 20.3. The molecule has 28 heavy (non-hydrogen) atoms. The molecule has 0 atom stereocenters. The molecule has 1 aliphatic heterocycles. The van der Waals surface area contributed by atoms with Crippen LogP contribution in [0.2, 0.25) is 0 Å². The number of carbonyl (C=O) groups excluding carboxylic acids is 2. The first-order valence-electron chi connectivity index (χ1n) is 9.36. The average Bonchev–Trinajstić information content (AvgIpc) is 2.68. The molecule has 0 unspecified atom stereocenters. The van der Waals surface area contributed by atoms with Gasteiger partial charge in [-0.15, -0.1) is 0 Å². The molecule has 7 heteroatoms. The molecule has 5 nitrogen and oxygen atoms in total. The molecule has 0 bridgehead atoms. The van der Waals surface area contributed by atoms with E-state index in [4.69, 9.17) is 9.47 Å². The van der Waals surface area contributed by atoms with E-state index >= 15 is 0 Å². The van der Waals surface area contributed by atoms with Gasteiger partial charge in [-0.1, -0.05) is 56.1 Å². The normalized spacial score (nSPS) is 15.6. The summed E-state index contributed by atoms with van der Waals surface area (Å²) >= 11 is 6.27. The van der Waals surface area contributed by atoms with E-state index in [0.717, 1.165) is 25.9 Å². The summed E-state index contributed by atoms with van der Waals surface area (Å²) in [6.45, 7) is 6.12. The minimum absolute atomic E-state index is 0.350. The second-order valence-corrected chi connectivity index (χ2v) is 10.6.